The van der Waals surface area contributed by atoms with Crippen molar-refractivity contribution in [2.24, 2.45) is 0 Å². The summed E-state index contributed by atoms with van der Waals surface area (Å²) in [6.45, 7) is 5.48. The zero-order valence-electron chi connectivity index (χ0n) is 11.0. The number of aromatic nitrogens is 1. The highest BCUT2D eigenvalue weighted by atomic mass is 79.9. The van der Waals surface area contributed by atoms with Crippen molar-refractivity contribution in [3.05, 3.63) is 34.9 Å². The van der Waals surface area contributed by atoms with Gasteiger partial charge in [0, 0.05) is 16.1 Å². The molecule has 5 heteroatoms. The molecular weight excluding hydrogens is 308 g/mol. The Morgan fingerprint density at radius 2 is 2.05 bits per heavy atom. The number of anilines is 1. The summed E-state index contributed by atoms with van der Waals surface area (Å²) < 4.78 is 6.18. The quantitative estimate of drug-likeness (QED) is 0.849. The van der Waals surface area contributed by atoms with Gasteiger partial charge in [0.15, 0.2) is 0 Å². The zero-order chi connectivity index (χ0) is 14.0. The molecule has 100 valence electrons. The fourth-order valence-electron chi connectivity index (χ4n) is 1.64. The molecule has 0 unspecified atom stereocenters. The van der Waals surface area contributed by atoms with Crippen LogP contribution >= 0.6 is 15.9 Å². The Morgan fingerprint density at radius 1 is 1.32 bits per heavy atom. The first-order valence-electron chi connectivity index (χ1n) is 5.89. The third kappa shape index (κ3) is 3.67. The van der Waals surface area contributed by atoms with Gasteiger partial charge in [-0.1, -0.05) is 15.9 Å². The molecule has 1 aromatic heterocycles. The van der Waals surface area contributed by atoms with Gasteiger partial charge in [-0.2, -0.15) is 0 Å². The number of rotatable bonds is 1. The molecule has 0 radical (unpaired) electrons. The van der Waals surface area contributed by atoms with Gasteiger partial charge in [-0.25, -0.2) is 4.79 Å². The summed E-state index contributed by atoms with van der Waals surface area (Å²) >= 11 is 3.40. The van der Waals surface area contributed by atoms with E-state index >= 15 is 0 Å². The van der Waals surface area contributed by atoms with Gasteiger partial charge in [-0.3, -0.25) is 10.3 Å². The van der Waals surface area contributed by atoms with Gasteiger partial charge >= 0.3 is 6.09 Å². The largest absolute Gasteiger partial charge is 0.444 e. The number of hydrogen-bond donors (Lipinski definition) is 1. The number of fused-ring (bicyclic) bond motifs is 1. The second kappa shape index (κ2) is 5.17. The predicted molar refractivity (Wildman–Crippen MR) is 79.3 cm³/mol. The third-order valence-corrected chi connectivity index (χ3v) is 2.83. The zero-order valence-corrected chi connectivity index (χ0v) is 12.6. The van der Waals surface area contributed by atoms with Crippen LogP contribution in [0.5, 0.6) is 0 Å². The minimum Gasteiger partial charge on any atom is -0.444 e. The van der Waals surface area contributed by atoms with Crippen LogP contribution in [0.15, 0.2) is 34.9 Å². The number of carbonyl (C=O) groups is 1. The van der Waals surface area contributed by atoms with E-state index in [4.69, 9.17) is 4.74 Å². The molecule has 0 aliphatic carbocycles. The van der Waals surface area contributed by atoms with E-state index in [1.165, 1.54) is 0 Å². The van der Waals surface area contributed by atoms with E-state index in [2.05, 4.69) is 26.2 Å². The van der Waals surface area contributed by atoms with Gasteiger partial charge in [0.2, 0.25) is 0 Å². The first-order valence-corrected chi connectivity index (χ1v) is 6.69. The van der Waals surface area contributed by atoms with Crippen LogP contribution in [0.2, 0.25) is 0 Å². The number of carbonyl (C=O) groups excluding carboxylic acids is 1. The number of halogens is 1. The lowest BCUT2D eigenvalue weighted by Crippen LogP contribution is -2.27. The van der Waals surface area contributed by atoms with Crippen molar-refractivity contribution < 1.29 is 9.53 Å². The Bertz CT molecular complexity index is 620. The molecule has 1 heterocycles. The summed E-state index contributed by atoms with van der Waals surface area (Å²) in [6.07, 6.45) is 1.18. The summed E-state index contributed by atoms with van der Waals surface area (Å²) in [5.41, 5.74) is 0.977. The Kier molecular flexibility index (Phi) is 3.75. The van der Waals surface area contributed by atoms with Crippen LogP contribution in [0.25, 0.3) is 10.9 Å². The number of hydrogen-bond acceptors (Lipinski definition) is 3. The van der Waals surface area contributed by atoms with Crippen LogP contribution in [0.4, 0.5) is 10.5 Å². The maximum absolute atomic E-state index is 11.8. The minimum absolute atomic E-state index is 0.470. The Labute approximate surface area is 120 Å². The second-order valence-electron chi connectivity index (χ2n) is 5.15. The predicted octanol–water partition coefficient (Wildman–Crippen LogP) is 4.34. The smallest absolute Gasteiger partial charge is 0.412 e. The standard InChI is InChI=1S/C14H15BrN2O2/c1-14(2,3)19-13(18)17-11-6-7-16-12-8-9(15)4-5-10(11)12/h4-8H,1-3H3,(H,16,17,18). The van der Waals surface area contributed by atoms with Crippen molar-refractivity contribution in [3.63, 3.8) is 0 Å². The average molecular weight is 323 g/mol. The number of ether oxygens (including phenoxy) is 1. The fraction of sp³-hybridized carbons (Fsp3) is 0.286. The van der Waals surface area contributed by atoms with Crippen molar-refractivity contribution >= 4 is 38.6 Å². The molecule has 2 rings (SSSR count). The lowest BCUT2D eigenvalue weighted by molar-refractivity contribution is 0.0636. The number of nitrogens with zero attached hydrogens (tertiary/aromatic N) is 1. The van der Waals surface area contributed by atoms with Crippen LogP contribution in [-0.2, 0) is 4.74 Å². The van der Waals surface area contributed by atoms with Crippen LogP contribution in [-0.4, -0.2) is 16.7 Å². The minimum atomic E-state index is -0.518. The van der Waals surface area contributed by atoms with Crippen LogP contribution < -0.4 is 5.32 Å². The highest BCUT2D eigenvalue weighted by Crippen LogP contribution is 2.25. The first kappa shape index (κ1) is 13.8. The number of pyridine rings is 1. The van der Waals surface area contributed by atoms with Gasteiger partial charge < -0.3 is 4.74 Å². The number of benzene rings is 1. The molecule has 0 bridgehead atoms. The summed E-state index contributed by atoms with van der Waals surface area (Å²) in [5, 5.41) is 3.62. The van der Waals surface area contributed by atoms with E-state index < -0.39 is 11.7 Å². The lowest BCUT2D eigenvalue weighted by atomic mass is 10.2. The van der Waals surface area contributed by atoms with Crippen molar-refractivity contribution in [1.82, 2.24) is 4.98 Å². The molecule has 0 aliphatic heterocycles. The second-order valence-corrected chi connectivity index (χ2v) is 6.06. The number of nitrogens with one attached hydrogen (secondary N) is 1. The van der Waals surface area contributed by atoms with Crippen LogP contribution in [0.3, 0.4) is 0 Å². The SMILES string of the molecule is CC(C)(C)OC(=O)Nc1ccnc2cc(Br)ccc12. The Morgan fingerprint density at radius 3 is 2.74 bits per heavy atom. The molecule has 0 saturated heterocycles. The molecule has 19 heavy (non-hydrogen) atoms. The van der Waals surface area contributed by atoms with Crippen molar-refractivity contribution in [1.29, 1.82) is 0 Å². The molecule has 2 aromatic rings. The third-order valence-electron chi connectivity index (χ3n) is 2.34. The molecule has 0 fully saturated rings. The van der Waals surface area contributed by atoms with Gasteiger partial charge in [0.25, 0.3) is 0 Å². The average Bonchev–Trinajstić information content (AvgIpc) is 2.26. The van der Waals surface area contributed by atoms with Crippen molar-refractivity contribution in [2.75, 3.05) is 5.32 Å². The topological polar surface area (TPSA) is 51.2 Å². The Balaban J connectivity index is 2.28. The summed E-state index contributed by atoms with van der Waals surface area (Å²) in [7, 11) is 0. The monoisotopic (exact) mass is 322 g/mol. The fourth-order valence-corrected chi connectivity index (χ4v) is 1.99. The highest BCUT2D eigenvalue weighted by molar-refractivity contribution is 9.10. The molecule has 0 spiro atoms. The van der Waals surface area contributed by atoms with Crippen LogP contribution in [0.1, 0.15) is 20.8 Å². The first-order chi connectivity index (χ1) is 8.85. The number of amides is 1. The molecule has 0 aliphatic rings. The van der Waals surface area contributed by atoms with E-state index in [1.54, 1.807) is 12.3 Å². The molecule has 0 atom stereocenters. The van der Waals surface area contributed by atoms with Gasteiger partial charge in [-0.15, -0.1) is 0 Å². The molecule has 1 N–H and O–H groups in total. The van der Waals surface area contributed by atoms with E-state index in [0.717, 1.165) is 15.4 Å². The van der Waals surface area contributed by atoms with Gasteiger partial charge in [-0.05, 0) is 45.0 Å². The summed E-state index contributed by atoms with van der Waals surface area (Å²) in [4.78, 5) is 16.0. The van der Waals surface area contributed by atoms with Crippen LogP contribution in [0, 0.1) is 0 Å². The summed E-state index contributed by atoms with van der Waals surface area (Å²) in [6, 6.07) is 7.46. The molecular formula is C14H15BrN2O2. The Hall–Kier alpha value is -1.62. The lowest BCUT2D eigenvalue weighted by Gasteiger charge is -2.20. The molecule has 0 saturated carbocycles. The molecule has 1 aromatic carbocycles. The van der Waals surface area contributed by atoms with E-state index in [9.17, 15) is 4.79 Å². The van der Waals surface area contributed by atoms with Gasteiger partial charge in [0.05, 0.1) is 11.2 Å². The highest BCUT2D eigenvalue weighted by Gasteiger charge is 2.16. The van der Waals surface area contributed by atoms with Gasteiger partial charge in [0.1, 0.15) is 5.60 Å². The summed E-state index contributed by atoms with van der Waals surface area (Å²) in [5.74, 6) is 0. The molecule has 1 amide bonds. The normalized spacial score (nSPS) is 11.4. The van der Waals surface area contributed by atoms with Crippen molar-refractivity contribution in [3.8, 4) is 0 Å². The van der Waals surface area contributed by atoms with E-state index in [0.29, 0.717) is 5.69 Å². The van der Waals surface area contributed by atoms with E-state index in [1.807, 2.05) is 39.0 Å². The maximum atomic E-state index is 11.8. The van der Waals surface area contributed by atoms with Crippen molar-refractivity contribution in [2.45, 2.75) is 26.4 Å². The molecule has 4 nitrogen and oxygen atoms in total. The van der Waals surface area contributed by atoms with E-state index in [-0.39, 0.29) is 0 Å². The maximum Gasteiger partial charge on any atom is 0.412 e.